The van der Waals surface area contributed by atoms with Crippen molar-refractivity contribution < 1.29 is 19.8 Å². The average Bonchev–Trinajstić information content (AvgIpc) is 2.26. The third kappa shape index (κ3) is 3.51. The quantitative estimate of drug-likeness (QED) is 0.622. The first kappa shape index (κ1) is 12.0. The van der Waals surface area contributed by atoms with Gasteiger partial charge in [0.25, 0.3) is 0 Å². The van der Waals surface area contributed by atoms with Crippen molar-refractivity contribution in [3.63, 3.8) is 0 Å². The third-order valence-corrected chi connectivity index (χ3v) is 2.85. The Bertz CT molecular complexity index is 236. The molecule has 1 atom stereocenters. The second-order valence-corrected chi connectivity index (χ2v) is 3.94. The van der Waals surface area contributed by atoms with Gasteiger partial charge < -0.3 is 15.5 Å². The number of carboxylic acids is 1. The molecule has 1 saturated carbocycles. The highest BCUT2D eigenvalue weighted by molar-refractivity contribution is 5.84. The summed E-state index contributed by atoms with van der Waals surface area (Å²) in [5, 5.41) is 19.9. The molecule has 1 aliphatic rings. The van der Waals surface area contributed by atoms with Crippen molar-refractivity contribution in [1.29, 1.82) is 0 Å². The minimum atomic E-state index is -1.01. The van der Waals surface area contributed by atoms with E-state index in [-0.39, 0.29) is 5.92 Å². The van der Waals surface area contributed by atoms with Crippen LogP contribution < -0.4 is 5.32 Å². The van der Waals surface area contributed by atoms with Crippen LogP contribution in [0.5, 0.6) is 0 Å². The average molecular weight is 215 g/mol. The molecule has 0 bridgehead atoms. The molecule has 5 heteroatoms. The number of aliphatic hydroxyl groups excluding tert-OH is 1. The van der Waals surface area contributed by atoms with Crippen LogP contribution in [-0.2, 0) is 9.59 Å². The van der Waals surface area contributed by atoms with Gasteiger partial charge in [0.1, 0.15) is 12.6 Å². The Morgan fingerprint density at radius 1 is 1.27 bits per heavy atom. The van der Waals surface area contributed by atoms with Gasteiger partial charge in [-0.25, -0.2) is 4.79 Å². The van der Waals surface area contributed by atoms with E-state index in [4.69, 9.17) is 10.2 Å². The van der Waals surface area contributed by atoms with Crippen molar-refractivity contribution in [2.75, 3.05) is 6.61 Å². The molecule has 5 nitrogen and oxygen atoms in total. The van der Waals surface area contributed by atoms with E-state index in [1.165, 1.54) is 0 Å². The van der Waals surface area contributed by atoms with Crippen LogP contribution in [0.4, 0.5) is 0 Å². The van der Waals surface area contributed by atoms with Gasteiger partial charge >= 0.3 is 5.97 Å². The summed E-state index contributed by atoms with van der Waals surface area (Å²) in [6.07, 6.45) is 4.84. The fourth-order valence-corrected chi connectivity index (χ4v) is 2.07. The summed E-state index contributed by atoms with van der Waals surface area (Å²) < 4.78 is 0. The molecule has 0 aromatic rings. The topological polar surface area (TPSA) is 86.6 Å². The molecule has 0 heterocycles. The molecule has 1 rings (SSSR count). The lowest BCUT2D eigenvalue weighted by atomic mass is 9.84. The van der Waals surface area contributed by atoms with Crippen LogP contribution in [0, 0.1) is 5.92 Å². The molecule has 3 N–H and O–H groups in total. The number of amides is 1. The van der Waals surface area contributed by atoms with Crippen molar-refractivity contribution >= 4 is 11.9 Å². The van der Waals surface area contributed by atoms with Crippen molar-refractivity contribution in [1.82, 2.24) is 5.32 Å². The van der Waals surface area contributed by atoms with Crippen molar-refractivity contribution in [2.24, 2.45) is 5.92 Å². The van der Waals surface area contributed by atoms with Gasteiger partial charge in [-0.05, 0) is 18.8 Å². The Hall–Kier alpha value is -1.10. The first-order valence-electron chi connectivity index (χ1n) is 5.28. The summed E-state index contributed by atoms with van der Waals surface area (Å²) in [5.74, 6) is -1.62. The molecule has 1 aliphatic carbocycles. The number of aliphatic carboxylic acids is 1. The lowest BCUT2D eigenvalue weighted by Gasteiger charge is -2.27. The highest BCUT2D eigenvalue weighted by Crippen LogP contribution is 2.26. The summed E-state index contributed by atoms with van der Waals surface area (Å²) in [7, 11) is 0. The molecule has 86 valence electrons. The lowest BCUT2D eigenvalue weighted by molar-refractivity contribution is -0.144. The zero-order chi connectivity index (χ0) is 11.3. The molecule has 1 unspecified atom stereocenters. The van der Waals surface area contributed by atoms with E-state index in [2.05, 4.69) is 5.32 Å². The minimum absolute atomic E-state index is 0.00625. The summed E-state index contributed by atoms with van der Waals surface area (Å²) in [6.45, 7) is -0.656. The summed E-state index contributed by atoms with van der Waals surface area (Å²) >= 11 is 0. The van der Waals surface area contributed by atoms with Gasteiger partial charge in [0.15, 0.2) is 0 Å². The van der Waals surface area contributed by atoms with E-state index < -0.39 is 24.5 Å². The maximum atomic E-state index is 11.0. The number of rotatable bonds is 4. The lowest BCUT2D eigenvalue weighted by Crippen LogP contribution is -2.47. The summed E-state index contributed by atoms with van der Waals surface area (Å²) in [6, 6.07) is -0.843. The molecule has 1 amide bonds. The largest absolute Gasteiger partial charge is 0.480 e. The van der Waals surface area contributed by atoms with Crippen LogP contribution in [0.2, 0.25) is 0 Å². The Morgan fingerprint density at radius 2 is 1.87 bits per heavy atom. The molecule has 1 fully saturated rings. The van der Waals surface area contributed by atoms with Gasteiger partial charge in [-0.2, -0.15) is 0 Å². The van der Waals surface area contributed by atoms with Crippen LogP contribution in [0.1, 0.15) is 32.1 Å². The maximum Gasteiger partial charge on any atom is 0.326 e. The molecular formula is C10H17NO4. The molecular weight excluding hydrogens is 198 g/mol. The number of hydrogen-bond donors (Lipinski definition) is 3. The Morgan fingerprint density at radius 3 is 2.33 bits per heavy atom. The van der Waals surface area contributed by atoms with Crippen LogP contribution in [-0.4, -0.2) is 34.7 Å². The number of hydrogen-bond acceptors (Lipinski definition) is 3. The normalized spacial score (nSPS) is 19.5. The highest BCUT2D eigenvalue weighted by Gasteiger charge is 2.30. The fraction of sp³-hybridized carbons (Fsp3) is 0.800. The molecule has 0 saturated heterocycles. The predicted octanol–water partition coefficient (Wildman–Crippen LogP) is 0.128. The van der Waals surface area contributed by atoms with E-state index in [0.717, 1.165) is 32.1 Å². The van der Waals surface area contributed by atoms with Crippen molar-refractivity contribution in [3.05, 3.63) is 0 Å². The standard InChI is InChI=1S/C10H17NO4/c12-6-8(13)11-9(10(14)15)7-4-2-1-3-5-7/h7,9,12H,1-6H2,(H,11,13)(H,14,15). The zero-order valence-electron chi connectivity index (χ0n) is 8.61. The molecule has 15 heavy (non-hydrogen) atoms. The molecule has 0 spiro atoms. The Kier molecular flexibility index (Phi) is 4.55. The first-order chi connectivity index (χ1) is 7.15. The number of aliphatic hydroxyl groups is 1. The second-order valence-electron chi connectivity index (χ2n) is 3.94. The molecule has 0 aromatic carbocycles. The summed E-state index contributed by atoms with van der Waals surface area (Å²) in [4.78, 5) is 21.9. The molecule has 0 radical (unpaired) electrons. The monoisotopic (exact) mass is 215 g/mol. The van der Waals surface area contributed by atoms with Crippen molar-refractivity contribution in [3.8, 4) is 0 Å². The number of nitrogens with one attached hydrogen (secondary N) is 1. The number of carbonyl (C=O) groups excluding carboxylic acids is 1. The van der Waals surface area contributed by atoms with Gasteiger partial charge in [0, 0.05) is 0 Å². The van der Waals surface area contributed by atoms with E-state index in [1.807, 2.05) is 0 Å². The minimum Gasteiger partial charge on any atom is -0.480 e. The molecule has 0 aromatic heterocycles. The fourth-order valence-electron chi connectivity index (χ4n) is 2.07. The second kappa shape index (κ2) is 5.70. The van der Waals surface area contributed by atoms with Crippen LogP contribution in [0.15, 0.2) is 0 Å². The van der Waals surface area contributed by atoms with E-state index in [1.54, 1.807) is 0 Å². The van der Waals surface area contributed by atoms with Crippen LogP contribution in [0.25, 0.3) is 0 Å². The Balaban J connectivity index is 2.55. The molecule has 0 aliphatic heterocycles. The van der Waals surface area contributed by atoms with Gasteiger partial charge in [-0.3, -0.25) is 4.79 Å². The van der Waals surface area contributed by atoms with E-state index in [9.17, 15) is 9.59 Å². The van der Waals surface area contributed by atoms with Crippen LogP contribution >= 0.6 is 0 Å². The van der Waals surface area contributed by atoms with Crippen molar-refractivity contribution in [2.45, 2.75) is 38.1 Å². The predicted molar refractivity (Wildman–Crippen MR) is 53.2 cm³/mol. The first-order valence-corrected chi connectivity index (χ1v) is 5.28. The number of carbonyl (C=O) groups is 2. The highest BCUT2D eigenvalue weighted by atomic mass is 16.4. The Labute approximate surface area is 88.5 Å². The van der Waals surface area contributed by atoms with E-state index >= 15 is 0 Å². The van der Waals surface area contributed by atoms with Gasteiger partial charge in [-0.1, -0.05) is 19.3 Å². The van der Waals surface area contributed by atoms with Crippen LogP contribution in [0.3, 0.4) is 0 Å². The number of carboxylic acid groups (broad SMARTS) is 1. The maximum absolute atomic E-state index is 11.0. The smallest absolute Gasteiger partial charge is 0.326 e. The third-order valence-electron chi connectivity index (χ3n) is 2.85. The summed E-state index contributed by atoms with van der Waals surface area (Å²) in [5.41, 5.74) is 0. The SMILES string of the molecule is O=C(CO)NC(C(=O)O)C1CCCCC1. The van der Waals surface area contributed by atoms with Gasteiger partial charge in [0.05, 0.1) is 0 Å². The van der Waals surface area contributed by atoms with Gasteiger partial charge in [-0.15, -0.1) is 0 Å². The zero-order valence-corrected chi connectivity index (χ0v) is 8.61. The van der Waals surface area contributed by atoms with Gasteiger partial charge in [0.2, 0.25) is 5.91 Å². The van der Waals surface area contributed by atoms with E-state index in [0.29, 0.717) is 0 Å².